The molecule has 1 aliphatic heterocycles. The van der Waals surface area contributed by atoms with Crippen LogP contribution in [0.4, 0.5) is 0 Å². The first-order chi connectivity index (χ1) is 19.1. The molecule has 5 rings (SSSR count). The second kappa shape index (κ2) is 11.0. The molecule has 12 heteroatoms. The Labute approximate surface area is 236 Å². The Hall–Kier alpha value is -4.38. The highest BCUT2D eigenvalue weighted by molar-refractivity contribution is 6.30. The number of ether oxygens (including phenoxy) is 2. The molecule has 208 valence electrons. The number of furan rings is 1. The first kappa shape index (κ1) is 27.2. The maximum absolute atomic E-state index is 13.9. The van der Waals surface area contributed by atoms with E-state index in [0.717, 1.165) is 5.56 Å². The molecule has 2 aromatic carbocycles. The first-order valence-corrected chi connectivity index (χ1v) is 13.0. The lowest BCUT2D eigenvalue weighted by Gasteiger charge is -2.32. The maximum atomic E-state index is 13.9. The summed E-state index contributed by atoms with van der Waals surface area (Å²) >= 11 is 5.99. The maximum Gasteiger partial charge on any atom is 0.251 e. The SMILES string of the molecule is Cc1ccc([C@@H](C(=O)NC(C)(C)C)N(Cc2ccc3c(c2)OCO3)C(=O)Cn2nnc(-c3ccc(Cl)cc3)n2)o1. The minimum absolute atomic E-state index is 0.0796. The van der Waals surface area contributed by atoms with Crippen molar-refractivity contribution in [3.63, 3.8) is 0 Å². The van der Waals surface area contributed by atoms with Crippen LogP contribution in [0.25, 0.3) is 11.4 Å². The van der Waals surface area contributed by atoms with Crippen LogP contribution in [0, 0.1) is 6.92 Å². The van der Waals surface area contributed by atoms with Gasteiger partial charge in [0.1, 0.15) is 18.1 Å². The quantitative estimate of drug-likeness (QED) is 0.336. The van der Waals surface area contributed by atoms with Gasteiger partial charge in [0, 0.05) is 22.7 Å². The average molecular weight is 565 g/mol. The summed E-state index contributed by atoms with van der Waals surface area (Å²) in [5.74, 6) is 1.68. The number of nitrogens with one attached hydrogen (secondary N) is 1. The second-order valence-corrected chi connectivity index (χ2v) is 10.9. The van der Waals surface area contributed by atoms with Gasteiger partial charge in [-0.05, 0) is 87.0 Å². The Kier molecular flexibility index (Phi) is 7.49. The minimum atomic E-state index is -1.06. The standard InChI is InChI=1S/C28H29ClN6O5/c1-17-5-11-22(40-17)25(27(37)30-28(2,3)4)34(14-18-6-12-21-23(13-18)39-16-38-21)24(36)15-35-32-26(31-33-35)19-7-9-20(29)10-8-19/h5-13,25H,14-16H2,1-4H3,(H,30,37)/t25-/m0/s1. The predicted octanol–water partition coefficient (Wildman–Crippen LogP) is 4.31. The largest absolute Gasteiger partial charge is 0.464 e. The molecule has 0 unspecified atom stereocenters. The highest BCUT2D eigenvalue weighted by atomic mass is 35.5. The zero-order valence-electron chi connectivity index (χ0n) is 22.6. The summed E-state index contributed by atoms with van der Waals surface area (Å²) in [6.07, 6.45) is 0. The molecule has 3 heterocycles. The molecule has 1 N–H and O–H groups in total. The normalized spacial score (nSPS) is 13.2. The van der Waals surface area contributed by atoms with Gasteiger partial charge in [0.15, 0.2) is 17.5 Å². The van der Waals surface area contributed by atoms with E-state index in [9.17, 15) is 9.59 Å². The topological polar surface area (TPSA) is 125 Å². The number of carbonyl (C=O) groups is 2. The summed E-state index contributed by atoms with van der Waals surface area (Å²) in [6, 6.07) is 14.8. The van der Waals surface area contributed by atoms with Crippen molar-refractivity contribution < 1.29 is 23.5 Å². The van der Waals surface area contributed by atoms with Gasteiger partial charge in [0.05, 0.1) is 0 Å². The number of fused-ring (bicyclic) bond motifs is 1. The number of hydrogen-bond acceptors (Lipinski definition) is 8. The van der Waals surface area contributed by atoms with Crippen LogP contribution in [0.15, 0.2) is 59.0 Å². The van der Waals surface area contributed by atoms with Crippen LogP contribution in [0.5, 0.6) is 11.5 Å². The molecule has 40 heavy (non-hydrogen) atoms. The molecule has 2 amide bonds. The first-order valence-electron chi connectivity index (χ1n) is 12.7. The molecular weight excluding hydrogens is 536 g/mol. The van der Waals surface area contributed by atoms with Crippen LogP contribution in [0.2, 0.25) is 5.02 Å². The fourth-order valence-corrected chi connectivity index (χ4v) is 4.38. The van der Waals surface area contributed by atoms with E-state index in [1.54, 1.807) is 55.5 Å². The molecule has 4 aromatic rings. The summed E-state index contributed by atoms with van der Waals surface area (Å²) in [6.45, 7) is 7.34. The molecule has 0 bridgehead atoms. The molecule has 1 aliphatic rings. The van der Waals surface area contributed by atoms with Crippen molar-refractivity contribution in [1.29, 1.82) is 0 Å². The predicted molar refractivity (Wildman–Crippen MR) is 145 cm³/mol. The number of hydrogen-bond donors (Lipinski definition) is 1. The number of carbonyl (C=O) groups excluding carboxylic acids is 2. The van der Waals surface area contributed by atoms with E-state index in [2.05, 4.69) is 20.7 Å². The molecule has 0 aliphatic carbocycles. The highest BCUT2D eigenvalue weighted by Gasteiger charge is 2.36. The van der Waals surface area contributed by atoms with E-state index in [1.165, 1.54) is 9.70 Å². The minimum Gasteiger partial charge on any atom is -0.464 e. The summed E-state index contributed by atoms with van der Waals surface area (Å²) in [4.78, 5) is 30.3. The third-order valence-corrected chi connectivity index (χ3v) is 6.28. The molecule has 1 atom stereocenters. The summed E-state index contributed by atoms with van der Waals surface area (Å²) in [7, 11) is 0. The lowest BCUT2D eigenvalue weighted by Crippen LogP contribution is -2.49. The van der Waals surface area contributed by atoms with E-state index in [4.69, 9.17) is 25.5 Å². The van der Waals surface area contributed by atoms with E-state index >= 15 is 0 Å². The van der Waals surface area contributed by atoms with Crippen LogP contribution in [0.3, 0.4) is 0 Å². The number of tetrazole rings is 1. The van der Waals surface area contributed by atoms with Gasteiger partial charge in [-0.15, -0.1) is 10.2 Å². The van der Waals surface area contributed by atoms with Gasteiger partial charge in [-0.25, -0.2) is 0 Å². The van der Waals surface area contributed by atoms with E-state index in [1.807, 2.05) is 26.8 Å². The lowest BCUT2D eigenvalue weighted by atomic mass is 10.1. The fraction of sp³-hybridized carbons (Fsp3) is 0.321. The molecule has 0 saturated carbocycles. The van der Waals surface area contributed by atoms with Crippen molar-refractivity contribution in [1.82, 2.24) is 30.4 Å². The molecule has 0 fully saturated rings. The Bertz CT molecular complexity index is 1520. The van der Waals surface area contributed by atoms with Gasteiger partial charge in [-0.3, -0.25) is 9.59 Å². The molecule has 0 radical (unpaired) electrons. The lowest BCUT2D eigenvalue weighted by molar-refractivity contribution is -0.143. The number of aromatic nitrogens is 4. The monoisotopic (exact) mass is 564 g/mol. The van der Waals surface area contributed by atoms with Crippen molar-refractivity contribution in [2.24, 2.45) is 0 Å². The Morgan fingerprint density at radius 2 is 1.82 bits per heavy atom. The van der Waals surface area contributed by atoms with Crippen LogP contribution in [-0.4, -0.2) is 49.3 Å². The smallest absolute Gasteiger partial charge is 0.251 e. The van der Waals surface area contributed by atoms with Crippen molar-refractivity contribution in [2.45, 2.75) is 52.4 Å². The van der Waals surface area contributed by atoms with Crippen molar-refractivity contribution in [3.8, 4) is 22.9 Å². The molecular formula is C28H29ClN6O5. The van der Waals surface area contributed by atoms with Gasteiger partial charge in [0.2, 0.25) is 18.5 Å². The van der Waals surface area contributed by atoms with Crippen LogP contribution in [0.1, 0.15) is 43.9 Å². The summed E-state index contributed by atoms with van der Waals surface area (Å²) in [5.41, 5.74) is 0.891. The van der Waals surface area contributed by atoms with Gasteiger partial charge in [-0.1, -0.05) is 17.7 Å². The fourth-order valence-electron chi connectivity index (χ4n) is 4.26. The van der Waals surface area contributed by atoms with E-state index in [0.29, 0.717) is 39.4 Å². The number of rotatable bonds is 8. The molecule has 0 spiro atoms. The van der Waals surface area contributed by atoms with Gasteiger partial charge in [-0.2, -0.15) is 4.80 Å². The van der Waals surface area contributed by atoms with Crippen LogP contribution >= 0.6 is 11.6 Å². The Balaban J connectivity index is 1.48. The molecule has 2 aromatic heterocycles. The summed E-state index contributed by atoms with van der Waals surface area (Å²) in [5, 5.41) is 16.1. The van der Waals surface area contributed by atoms with Gasteiger partial charge >= 0.3 is 0 Å². The number of benzene rings is 2. The zero-order chi connectivity index (χ0) is 28.4. The molecule has 11 nitrogen and oxygen atoms in total. The number of aryl methyl sites for hydroxylation is 1. The van der Waals surface area contributed by atoms with Gasteiger partial charge < -0.3 is 24.1 Å². The zero-order valence-corrected chi connectivity index (χ0v) is 23.3. The highest BCUT2D eigenvalue weighted by Crippen LogP contribution is 2.34. The Morgan fingerprint density at radius 1 is 1.07 bits per heavy atom. The van der Waals surface area contributed by atoms with Crippen LogP contribution in [-0.2, 0) is 22.7 Å². The van der Waals surface area contributed by atoms with Crippen molar-refractivity contribution >= 4 is 23.4 Å². The second-order valence-electron chi connectivity index (χ2n) is 10.4. The third-order valence-electron chi connectivity index (χ3n) is 6.03. The van der Waals surface area contributed by atoms with E-state index in [-0.39, 0.29) is 25.8 Å². The van der Waals surface area contributed by atoms with Crippen molar-refractivity contribution in [2.75, 3.05) is 6.79 Å². The van der Waals surface area contributed by atoms with E-state index < -0.39 is 17.5 Å². The van der Waals surface area contributed by atoms with Crippen LogP contribution < -0.4 is 14.8 Å². The third kappa shape index (κ3) is 6.26. The summed E-state index contributed by atoms with van der Waals surface area (Å²) < 4.78 is 16.8. The van der Waals surface area contributed by atoms with Crippen molar-refractivity contribution in [3.05, 3.63) is 76.7 Å². The number of halogens is 1. The van der Waals surface area contributed by atoms with Gasteiger partial charge in [0.25, 0.3) is 5.91 Å². The number of nitrogens with zero attached hydrogens (tertiary/aromatic N) is 5. The molecule has 0 saturated heterocycles. The number of amides is 2. The average Bonchev–Trinajstić information content (AvgIpc) is 3.64. The Morgan fingerprint density at radius 3 is 2.52 bits per heavy atom.